The first-order chi connectivity index (χ1) is 10.3. The first-order valence-corrected chi connectivity index (χ1v) is 6.46. The second-order valence-corrected chi connectivity index (χ2v) is 4.74. The summed E-state index contributed by atoms with van der Waals surface area (Å²) in [5.41, 5.74) is 0. The highest BCUT2D eigenvalue weighted by atomic mass is 16.5. The number of carbonyl (C=O) groups is 1. The van der Waals surface area contributed by atoms with Crippen molar-refractivity contribution in [1.82, 2.24) is 0 Å². The van der Waals surface area contributed by atoms with Crippen molar-refractivity contribution >= 4 is 5.78 Å². The molecule has 2 rings (SSSR count). The number of rotatable bonds is 2. The minimum absolute atomic E-state index is 0.172. The average Bonchev–Trinajstić information content (AvgIpc) is 2.51. The van der Waals surface area contributed by atoms with Crippen LogP contribution in [0.25, 0.3) is 0 Å². The molecule has 0 aromatic heterocycles. The van der Waals surface area contributed by atoms with Gasteiger partial charge in [-0.25, -0.2) is 0 Å². The predicted molar refractivity (Wildman–Crippen MR) is 69.0 cm³/mol. The number of ketones is 1. The molecule has 1 saturated heterocycles. The highest BCUT2D eigenvalue weighted by Gasteiger charge is 2.36. The minimum atomic E-state index is -1.42. The summed E-state index contributed by atoms with van der Waals surface area (Å²) in [6.45, 7) is -1.21. The molecule has 0 spiro atoms. The van der Waals surface area contributed by atoms with Crippen molar-refractivity contribution in [3.05, 3.63) is 11.5 Å². The Morgan fingerprint density at radius 1 is 0.909 bits per heavy atom. The Labute approximate surface area is 125 Å². The maximum Gasteiger partial charge on any atom is 0.189 e. The summed E-state index contributed by atoms with van der Waals surface area (Å²) in [5.74, 6) is -1.46. The molecule has 2 heterocycles. The van der Waals surface area contributed by atoms with E-state index in [-0.39, 0.29) is 19.0 Å². The van der Waals surface area contributed by atoms with Gasteiger partial charge in [-0.05, 0) is 0 Å². The van der Waals surface area contributed by atoms with Gasteiger partial charge in [-0.15, -0.1) is 0 Å². The molecule has 1 fully saturated rings. The fraction of sp³-hybridized carbons (Fsp3) is 0.750. The minimum Gasteiger partial charge on any atom is -0.506 e. The molecule has 0 bridgehead atoms. The van der Waals surface area contributed by atoms with Gasteiger partial charge in [0.25, 0.3) is 0 Å². The Bertz CT molecular complexity index is 409. The van der Waals surface area contributed by atoms with Crippen LogP contribution >= 0.6 is 0 Å². The molecule has 0 aromatic rings. The van der Waals surface area contributed by atoms with Crippen LogP contribution in [0.5, 0.6) is 0 Å². The number of hydrogen-bond donors (Lipinski definition) is 7. The smallest absolute Gasteiger partial charge is 0.189 e. The highest BCUT2D eigenvalue weighted by Crippen LogP contribution is 2.16. The fourth-order valence-corrected chi connectivity index (χ4v) is 1.78. The third-order valence-electron chi connectivity index (χ3n) is 3.20. The van der Waals surface area contributed by atoms with Crippen LogP contribution in [0.1, 0.15) is 0 Å². The van der Waals surface area contributed by atoms with E-state index in [0.717, 1.165) is 0 Å². The van der Waals surface area contributed by atoms with E-state index in [4.69, 9.17) is 45.2 Å². The van der Waals surface area contributed by atoms with E-state index >= 15 is 0 Å². The molecule has 0 radical (unpaired) electrons. The van der Waals surface area contributed by atoms with Gasteiger partial charge in [-0.3, -0.25) is 4.79 Å². The van der Waals surface area contributed by atoms with E-state index in [0.29, 0.717) is 0 Å². The van der Waals surface area contributed by atoms with Crippen molar-refractivity contribution in [2.75, 3.05) is 26.4 Å². The van der Waals surface area contributed by atoms with Gasteiger partial charge in [0.15, 0.2) is 17.3 Å². The molecule has 0 aliphatic carbocycles. The number of aliphatic hydroxyl groups is 7. The van der Waals surface area contributed by atoms with Crippen LogP contribution in [0.4, 0.5) is 0 Å². The largest absolute Gasteiger partial charge is 0.506 e. The standard InChI is InChI=1S/2C6H10O5/c2*7-1-4-6(10)5(9)3(8)2-11-4/h4,6-10H,1-2H2;4-7,9-10H,1-2H2/t4?,6-;4?,5-,6+/m10/s1. The van der Waals surface area contributed by atoms with Crippen LogP contribution in [0.2, 0.25) is 0 Å². The molecule has 10 heteroatoms. The molecule has 22 heavy (non-hydrogen) atoms. The number of Topliss-reactive ketones (excluding diaryl/α,β-unsaturated/α-hetero) is 1. The first-order valence-electron chi connectivity index (χ1n) is 6.46. The van der Waals surface area contributed by atoms with Crippen molar-refractivity contribution in [3.8, 4) is 0 Å². The topological polar surface area (TPSA) is 177 Å². The lowest BCUT2D eigenvalue weighted by atomic mass is 10.0. The summed E-state index contributed by atoms with van der Waals surface area (Å²) in [6.07, 6.45) is -5.73. The summed E-state index contributed by atoms with van der Waals surface area (Å²) in [5, 5.41) is 61.9. The molecule has 7 N–H and O–H groups in total. The van der Waals surface area contributed by atoms with E-state index in [9.17, 15) is 4.79 Å². The third kappa shape index (κ3) is 4.36. The molecule has 0 amide bonds. The van der Waals surface area contributed by atoms with E-state index in [1.807, 2.05) is 0 Å². The maximum atomic E-state index is 10.6. The van der Waals surface area contributed by atoms with Crippen LogP contribution in [0.3, 0.4) is 0 Å². The zero-order valence-corrected chi connectivity index (χ0v) is 11.6. The van der Waals surface area contributed by atoms with E-state index < -0.39 is 55.3 Å². The van der Waals surface area contributed by atoms with E-state index in [1.165, 1.54) is 0 Å². The summed E-state index contributed by atoms with van der Waals surface area (Å²) < 4.78 is 9.47. The Kier molecular flexibility index (Phi) is 7.16. The molecule has 2 unspecified atom stereocenters. The number of ether oxygens (including phenoxy) is 2. The molecule has 0 aromatic carbocycles. The second kappa shape index (κ2) is 8.39. The van der Waals surface area contributed by atoms with Gasteiger partial charge >= 0.3 is 0 Å². The molecule has 2 aliphatic heterocycles. The van der Waals surface area contributed by atoms with Crippen LogP contribution in [-0.2, 0) is 14.3 Å². The lowest BCUT2D eigenvalue weighted by Gasteiger charge is -2.29. The van der Waals surface area contributed by atoms with Crippen molar-refractivity contribution in [1.29, 1.82) is 0 Å². The molecule has 5 atom stereocenters. The van der Waals surface area contributed by atoms with Crippen LogP contribution in [0, 0.1) is 0 Å². The van der Waals surface area contributed by atoms with Crippen LogP contribution in [0.15, 0.2) is 11.5 Å². The molecule has 10 nitrogen and oxygen atoms in total. The third-order valence-corrected chi connectivity index (χ3v) is 3.20. The summed E-state index contributed by atoms with van der Waals surface area (Å²) in [7, 11) is 0. The summed E-state index contributed by atoms with van der Waals surface area (Å²) in [4.78, 5) is 10.6. The Morgan fingerprint density at radius 3 is 2.00 bits per heavy atom. The quantitative estimate of drug-likeness (QED) is 0.273. The number of carbonyl (C=O) groups excluding carboxylic acids is 1. The van der Waals surface area contributed by atoms with Crippen LogP contribution in [-0.4, -0.2) is 98.5 Å². The zero-order valence-electron chi connectivity index (χ0n) is 11.6. The van der Waals surface area contributed by atoms with Gasteiger partial charge in [-0.1, -0.05) is 0 Å². The Balaban J connectivity index is 0.000000220. The van der Waals surface area contributed by atoms with E-state index in [2.05, 4.69) is 0 Å². The van der Waals surface area contributed by atoms with Gasteiger partial charge in [0.1, 0.15) is 43.7 Å². The lowest BCUT2D eigenvalue weighted by Crippen LogP contribution is -2.51. The molecular weight excluding hydrogens is 304 g/mol. The van der Waals surface area contributed by atoms with Gasteiger partial charge < -0.3 is 45.2 Å². The molecule has 128 valence electrons. The van der Waals surface area contributed by atoms with Gasteiger partial charge in [0, 0.05) is 0 Å². The number of hydrogen-bond acceptors (Lipinski definition) is 10. The van der Waals surface area contributed by atoms with Crippen molar-refractivity contribution < 1.29 is 50.0 Å². The average molecular weight is 324 g/mol. The van der Waals surface area contributed by atoms with Crippen molar-refractivity contribution in [2.24, 2.45) is 0 Å². The highest BCUT2D eigenvalue weighted by molar-refractivity contribution is 5.85. The monoisotopic (exact) mass is 324 g/mol. The maximum absolute atomic E-state index is 10.6. The van der Waals surface area contributed by atoms with Crippen LogP contribution < -0.4 is 0 Å². The first kappa shape index (κ1) is 18.8. The van der Waals surface area contributed by atoms with E-state index in [1.54, 1.807) is 0 Å². The van der Waals surface area contributed by atoms with Gasteiger partial charge in [-0.2, -0.15) is 0 Å². The Hall–Kier alpha value is -1.27. The molecular formula is C12H20O10. The second-order valence-electron chi connectivity index (χ2n) is 4.74. The SMILES string of the molecule is O=C1COC(CO)[C@@H](O)[C@H]1O.OCC1OCC(O)=C(O)[C@@H]1O. The normalized spacial score (nSPS) is 35.9. The fourth-order valence-electron chi connectivity index (χ4n) is 1.78. The lowest BCUT2D eigenvalue weighted by molar-refractivity contribution is -0.170. The van der Waals surface area contributed by atoms with Crippen molar-refractivity contribution in [3.63, 3.8) is 0 Å². The zero-order chi connectivity index (χ0) is 16.9. The molecule has 2 aliphatic rings. The van der Waals surface area contributed by atoms with Crippen molar-refractivity contribution in [2.45, 2.75) is 30.5 Å². The summed E-state index contributed by atoms with van der Waals surface area (Å²) >= 11 is 0. The van der Waals surface area contributed by atoms with Gasteiger partial charge in [0.05, 0.1) is 13.2 Å². The number of aliphatic hydroxyl groups excluding tert-OH is 7. The molecule has 0 saturated carbocycles. The Morgan fingerprint density at radius 2 is 1.45 bits per heavy atom. The predicted octanol–water partition coefficient (Wildman–Crippen LogP) is -3.27. The summed E-state index contributed by atoms with van der Waals surface area (Å²) in [6, 6.07) is 0. The van der Waals surface area contributed by atoms with Gasteiger partial charge in [0.2, 0.25) is 0 Å².